The molecule has 1 aliphatic rings. The van der Waals surface area contributed by atoms with Gasteiger partial charge in [0.05, 0.1) is 6.54 Å². The van der Waals surface area contributed by atoms with E-state index in [1.165, 1.54) is 27.2 Å². The molecule has 1 fully saturated rings. The van der Waals surface area contributed by atoms with Crippen molar-refractivity contribution in [2.75, 3.05) is 19.6 Å². The fourth-order valence-corrected chi connectivity index (χ4v) is 3.28. The molecule has 0 saturated carbocycles. The lowest BCUT2D eigenvalue weighted by Crippen LogP contribution is -2.45. The third-order valence-corrected chi connectivity index (χ3v) is 4.40. The first-order valence-corrected chi connectivity index (χ1v) is 7.84. The molecule has 1 saturated heterocycles. The molecule has 0 aliphatic carbocycles. The van der Waals surface area contributed by atoms with Crippen LogP contribution >= 0.6 is 0 Å². The quantitative estimate of drug-likeness (QED) is 0.911. The summed E-state index contributed by atoms with van der Waals surface area (Å²) < 4.78 is 37.1. The molecule has 124 valence electrons. The van der Waals surface area contributed by atoms with E-state index in [1.807, 2.05) is 0 Å². The second-order valence-electron chi connectivity index (χ2n) is 6.42. The Morgan fingerprint density at radius 2 is 1.64 bits per heavy atom. The zero-order chi connectivity index (χ0) is 16.3. The Balaban J connectivity index is 1.82. The molecule has 1 aromatic rings. The summed E-state index contributed by atoms with van der Waals surface area (Å²) in [6.45, 7) is 7.36. The maximum Gasteiger partial charge on any atom is 0.401 e. The minimum atomic E-state index is -4.09. The number of aryl methyl sites for hydroxylation is 3. The Morgan fingerprint density at radius 1 is 1.09 bits per heavy atom. The van der Waals surface area contributed by atoms with Gasteiger partial charge in [-0.25, -0.2) is 0 Å². The maximum absolute atomic E-state index is 12.4. The van der Waals surface area contributed by atoms with Gasteiger partial charge in [-0.3, -0.25) is 4.90 Å². The molecule has 5 heteroatoms. The lowest BCUT2D eigenvalue weighted by molar-refractivity contribution is -0.148. The Morgan fingerprint density at radius 3 is 2.14 bits per heavy atom. The number of hydrogen-bond acceptors (Lipinski definition) is 2. The molecule has 0 bridgehead atoms. The lowest BCUT2D eigenvalue weighted by atomic mass is 9.98. The molecule has 2 nitrogen and oxygen atoms in total. The molecular formula is C17H25F3N2. The van der Waals surface area contributed by atoms with Crippen LogP contribution in [0, 0.1) is 20.8 Å². The number of piperidine rings is 1. The summed E-state index contributed by atoms with van der Waals surface area (Å²) in [5.74, 6) is 0. The average Bonchev–Trinajstić information content (AvgIpc) is 2.37. The summed E-state index contributed by atoms with van der Waals surface area (Å²) in [5, 5.41) is 3.51. The van der Waals surface area contributed by atoms with Gasteiger partial charge in [-0.15, -0.1) is 0 Å². The highest BCUT2D eigenvalue weighted by atomic mass is 19.4. The number of halogens is 3. The van der Waals surface area contributed by atoms with Crippen LogP contribution in [0.1, 0.15) is 35.1 Å². The maximum atomic E-state index is 12.4. The molecule has 2 rings (SSSR count). The molecule has 0 unspecified atom stereocenters. The van der Waals surface area contributed by atoms with Crippen molar-refractivity contribution in [2.24, 2.45) is 0 Å². The summed E-state index contributed by atoms with van der Waals surface area (Å²) in [6.07, 6.45) is -2.53. The zero-order valence-corrected chi connectivity index (χ0v) is 13.6. The summed E-state index contributed by atoms with van der Waals surface area (Å²) in [4.78, 5) is 1.50. The van der Waals surface area contributed by atoms with Crippen LogP contribution in [0.4, 0.5) is 13.2 Å². The number of rotatable bonds is 4. The van der Waals surface area contributed by atoms with Gasteiger partial charge in [-0.2, -0.15) is 13.2 Å². The van der Waals surface area contributed by atoms with Crippen LogP contribution in [0.3, 0.4) is 0 Å². The topological polar surface area (TPSA) is 15.3 Å². The van der Waals surface area contributed by atoms with Gasteiger partial charge >= 0.3 is 6.18 Å². The smallest absolute Gasteiger partial charge is 0.310 e. The highest BCUT2D eigenvalue weighted by Crippen LogP contribution is 2.21. The average molecular weight is 314 g/mol. The summed E-state index contributed by atoms with van der Waals surface area (Å²) >= 11 is 0. The monoisotopic (exact) mass is 314 g/mol. The Kier molecular flexibility index (Phi) is 5.50. The number of nitrogens with zero attached hydrogens (tertiary/aromatic N) is 1. The van der Waals surface area contributed by atoms with Gasteiger partial charge in [0.1, 0.15) is 0 Å². The minimum Gasteiger partial charge on any atom is -0.310 e. The highest BCUT2D eigenvalue weighted by molar-refractivity contribution is 5.37. The van der Waals surface area contributed by atoms with Crippen molar-refractivity contribution < 1.29 is 13.2 Å². The van der Waals surface area contributed by atoms with Gasteiger partial charge in [0.15, 0.2) is 0 Å². The first-order chi connectivity index (χ1) is 10.2. The van der Waals surface area contributed by atoms with Crippen molar-refractivity contribution >= 4 is 0 Å². The van der Waals surface area contributed by atoms with Crippen LogP contribution in [0.25, 0.3) is 0 Å². The predicted molar refractivity (Wildman–Crippen MR) is 83.0 cm³/mol. The first-order valence-electron chi connectivity index (χ1n) is 7.84. The van der Waals surface area contributed by atoms with E-state index >= 15 is 0 Å². The molecule has 1 N–H and O–H groups in total. The molecule has 0 amide bonds. The normalized spacial score (nSPS) is 17.9. The van der Waals surface area contributed by atoms with Crippen LogP contribution in [-0.4, -0.2) is 36.8 Å². The van der Waals surface area contributed by atoms with Gasteiger partial charge in [0.2, 0.25) is 0 Å². The predicted octanol–water partition coefficient (Wildman–Crippen LogP) is 3.73. The van der Waals surface area contributed by atoms with Gasteiger partial charge in [0.25, 0.3) is 0 Å². The highest BCUT2D eigenvalue weighted by Gasteiger charge is 2.32. The van der Waals surface area contributed by atoms with Crippen molar-refractivity contribution in [3.63, 3.8) is 0 Å². The number of hydrogen-bond donors (Lipinski definition) is 1. The van der Waals surface area contributed by atoms with Crippen LogP contribution < -0.4 is 5.32 Å². The molecule has 22 heavy (non-hydrogen) atoms. The number of benzene rings is 1. The van der Waals surface area contributed by atoms with E-state index in [0.29, 0.717) is 19.1 Å². The molecule has 1 heterocycles. The molecular weight excluding hydrogens is 289 g/mol. The number of nitrogens with one attached hydrogen (secondary N) is 1. The summed E-state index contributed by atoms with van der Waals surface area (Å²) in [6, 6.07) is 4.66. The van der Waals surface area contributed by atoms with Crippen molar-refractivity contribution in [1.29, 1.82) is 0 Å². The second kappa shape index (κ2) is 7.01. The molecule has 0 radical (unpaired) electrons. The van der Waals surface area contributed by atoms with E-state index < -0.39 is 12.7 Å². The SMILES string of the molecule is Cc1cc(C)c(CNC2CCN(CC(F)(F)F)CC2)c(C)c1. The van der Waals surface area contributed by atoms with E-state index in [4.69, 9.17) is 0 Å². The molecule has 1 aromatic carbocycles. The fourth-order valence-electron chi connectivity index (χ4n) is 3.28. The van der Waals surface area contributed by atoms with Crippen molar-refractivity contribution in [2.45, 2.75) is 52.4 Å². The second-order valence-corrected chi connectivity index (χ2v) is 6.42. The van der Waals surface area contributed by atoms with Crippen LogP contribution in [0.15, 0.2) is 12.1 Å². The van der Waals surface area contributed by atoms with Gasteiger partial charge < -0.3 is 5.32 Å². The molecule has 1 aliphatic heterocycles. The van der Waals surface area contributed by atoms with Crippen LogP contribution in [-0.2, 0) is 6.54 Å². The van der Waals surface area contributed by atoms with Gasteiger partial charge in [-0.05, 0) is 63.4 Å². The van der Waals surface area contributed by atoms with E-state index in [-0.39, 0.29) is 0 Å². The minimum absolute atomic E-state index is 0.310. The Hall–Kier alpha value is -1.07. The fraction of sp³-hybridized carbons (Fsp3) is 0.647. The van der Waals surface area contributed by atoms with E-state index in [2.05, 4.69) is 38.2 Å². The summed E-state index contributed by atoms with van der Waals surface area (Å²) in [7, 11) is 0. The van der Waals surface area contributed by atoms with Crippen LogP contribution in [0.5, 0.6) is 0 Å². The largest absolute Gasteiger partial charge is 0.401 e. The van der Waals surface area contributed by atoms with E-state index in [0.717, 1.165) is 19.4 Å². The van der Waals surface area contributed by atoms with Crippen molar-refractivity contribution in [3.8, 4) is 0 Å². The number of alkyl halides is 3. The molecule has 0 atom stereocenters. The zero-order valence-electron chi connectivity index (χ0n) is 13.6. The standard InChI is InChI=1S/C17H25F3N2/c1-12-8-13(2)16(14(3)9-12)10-21-15-4-6-22(7-5-15)11-17(18,19)20/h8-9,15,21H,4-7,10-11H2,1-3H3. The third kappa shape index (κ3) is 4.99. The Bertz CT molecular complexity index is 480. The first kappa shape index (κ1) is 17.3. The molecule has 0 aromatic heterocycles. The van der Waals surface area contributed by atoms with Crippen molar-refractivity contribution in [3.05, 3.63) is 34.4 Å². The third-order valence-electron chi connectivity index (χ3n) is 4.40. The van der Waals surface area contributed by atoms with Gasteiger partial charge in [0, 0.05) is 12.6 Å². The molecule has 0 spiro atoms. The summed E-state index contributed by atoms with van der Waals surface area (Å²) in [5.41, 5.74) is 5.13. The number of likely N-dealkylation sites (tertiary alicyclic amines) is 1. The lowest BCUT2D eigenvalue weighted by Gasteiger charge is -2.33. The van der Waals surface area contributed by atoms with Crippen LogP contribution in [0.2, 0.25) is 0 Å². The van der Waals surface area contributed by atoms with E-state index in [9.17, 15) is 13.2 Å². The Labute approximate surface area is 130 Å². The van der Waals surface area contributed by atoms with E-state index in [1.54, 1.807) is 0 Å². The van der Waals surface area contributed by atoms with Gasteiger partial charge in [-0.1, -0.05) is 17.7 Å². The van der Waals surface area contributed by atoms with Crippen molar-refractivity contribution in [1.82, 2.24) is 10.2 Å².